The first kappa shape index (κ1) is 20.2. The second-order valence-corrected chi connectivity index (χ2v) is 7.79. The maximum absolute atomic E-state index is 12.9. The van der Waals surface area contributed by atoms with E-state index in [1.807, 2.05) is 49.7 Å². The Balaban J connectivity index is 1.44. The van der Waals surface area contributed by atoms with Crippen molar-refractivity contribution in [1.82, 2.24) is 9.88 Å². The molecule has 0 radical (unpaired) electrons. The van der Waals surface area contributed by atoms with Crippen molar-refractivity contribution in [3.8, 4) is 0 Å². The van der Waals surface area contributed by atoms with Crippen molar-refractivity contribution < 1.29 is 14.3 Å². The van der Waals surface area contributed by atoms with Crippen LogP contribution in [0.25, 0.3) is 5.57 Å². The fraction of sp³-hybridized carbons (Fsp3) is 0.333. The van der Waals surface area contributed by atoms with Crippen molar-refractivity contribution in [3.63, 3.8) is 0 Å². The highest BCUT2D eigenvalue weighted by molar-refractivity contribution is 5.95. The average Bonchev–Trinajstić information content (AvgIpc) is 3.20. The van der Waals surface area contributed by atoms with E-state index in [2.05, 4.69) is 16.0 Å². The molecular formula is C24H27N3O3. The molecule has 2 N–H and O–H groups in total. The number of anilines is 1. The van der Waals surface area contributed by atoms with Gasteiger partial charge in [0.1, 0.15) is 17.5 Å². The predicted octanol–water partition coefficient (Wildman–Crippen LogP) is 3.80. The number of hydrogen-bond donors (Lipinski definition) is 1. The van der Waals surface area contributed by atoms with Gasteiger partial charge in [0.25, 0.3) is 0 Å². The Labute approximate surface area is 177 Å². The minimum absolute atomic E-state index is 0.107. The van der Waals surface area contributed by atoms with E-state index < -0.39 is 5.97 Å². The highest BCUT2D eigenvalue weighted by atomic mass is 16.6. The second-order valence-electron chi connectivity index (χ2n) is 7.79. The lowest BCUT2D eigenvalue weighted by Gasteiger charge is -2.21. The number of aromatic nitrogens is 1. The van der Waals surface area contributed by atoms with Gasteiger partial charge in [0.05, 0.1) is 12.7 Å². The third kappa shape index (κ3) is 4.71. The van der Waals surface area contributed by atoms with Crippen molar-refractivity contribution in [2.24, 2.45) is 0 Å². The van der Waals surface area contributed by atoms with E-state index in [-0.39, 0.29) is 18.0 Å². The number of pyridine rings is 1. The van der Waals surface area contributed by atoms with Gasteiger partial charge in [-0.3, -0.25) is 0 Å². The van der Waals surface area contributed by atoms with Gasteiger partial charge in [-0.15, -0.1) is 0 Å². The minimum atomic E-state index is -0.448. The molecular weight excluding hydrogens is 378 g/mol. The van der Waals surface area contributed by atoms with E-state index >= 15 is 0 Å². The molecule has 0 bridgehead atoms. The largest absolute Gasteiger partial charge is 0.456 e. The van der Waals surface area contributed by atoms with Crippen LogP contribution in [0.3, 0.4) is 0 Å². The lowest BCUT2D eigenvalue weighted by Crippen LogP contribution is -2.29. The summed E-state index contributed by atoms with van der Waals surface area (Å²) in [5, 5.41) is 0. The number of ether oxygens (including phenoxy) is 2. The zero-order valence-electron chi connectivity index (χ0n) is 17.2. The van der Waals surface area contributed by atoms with Gasteiger partial charge < -0.3 is 20.1 Å². The summed E-state index contributed by atoms with van der Waals surface area (Å²) in [6, 6.07) is 11.8. The molecule has 156 valence electrons. The molecule has 2 heterocycles. The minimum Gasteiger partial charge on any atom is -0.456 e. The molecule has 1 aromatic heterocycles. The topological polar surface area (TPSA) is 77.7 Å². The highest BCUT2D eigenvalue weighted by Gasteiger charge is 2.32. The van der Waals surface area contributed by atoms with Gasteiger partial charge >= 0.3 is 5.97 Å². The van der Waals surface area contributed by atoms with Crippen LogP contribution in [-0.4, -0.2) is 41.7 Å². The standard InChI is InChI=1S/C24H27N3O3/c1-27-12-6-9-18(15-27)19-13-20(23(25)26-14-19)24(28)30-22-11-5-10-21(22)29-16-17-7-3-2-4-8-17/h2-4,6-9,13-15,21-22H,5,10-12,16H2,1H3,(H2,25,26)/t21-,22-/m0/s1. The quantitative estimate of drug-likeness (QED) is 0.737. The zero-order chi connectivity index (χ0) is 20.9. The fourth-order valence-electron chi connectivity index (χ4n) is 3.84. The Kier molecular flexibility index (Phi) is 6.14. The fourth-order valence-corrected chi connectivity index (χ4v) is 3.84. The van der Waals surface area contributed by atoms with Gasteiger partial charge in [-0.05, 0) is 36.5 Å². The third-order valence-corrected chi connectivity index (χ3v) is 5.48. The van der Waals surface area contributed by atoms with E-state index in [1.165, 1.54) is 0 Å². The van der Waals surface area contributed by atoms with Crippen LogP contribution in [0.15, 0.2) is 60.9 Å². The van der Waals surface area contributed by atoms with Crippen LogP contribution in [0, 0.1) is 0 Å². The summed E-state index contributed by atoms with van der Waals surface area (Å²) in [6.07, 6.45) is 10.0. The maximum Gasteiger partial charge on any atom is 0.342 e. The van der Waals surface area contributed by atoms with Crippen molar-refractivity contribution in [2.75, 3.05) is 19.3 Å². The van der Waals surface area contributed by atoms with Crippen LogP contribution in [0.1, 0.15) is 40.7 Å². The maximum atomic E-state index is 12.9. The molecule has 2 aromatic rings. The number of hydrogen-bond acceptors (Lipinski definition) is 6. The average molecular weight is 405 g/mol. The van der Waals surface area contributed by atoms with Crippen LogP contribution in [0.2, 0.25) is 0 Å². The lowest BCUT2D eigenvalue weighted by molar-refractivity contribution is -0.0441. The summed E-state index contributed by atoms with van der Waals surface area (Å²) in [5.41, 5.74) is 9.22. The molecule has 30 heavy (non-hydrogen) atoms. The van der Waals surface area contributed by atoms with Gasteiger partial charge in [0, 0.05) is 31.6 Å². The van der Waals surface area contributed by atoms with Crippen LogP contribution in [0.4, 0.5) is 5.82 Å². The van der Waals surface area contributed by atoms with E-state index in [1.54, 1.807) is 12.3 Å². The third-order valence-electron chi connectivity index (χ3n) is 5.48. The zero-order valence-corrected chi connectivity index (χ0v) is 17.2. The summed E-state index contributed by atoms with van der Waals surface area (Å²) in [7, 11) is 2.00. The van der Waals surface area contributed by atoms with Crippen molar-refractivity contribution >= 4 is 17.4 Å². The predicted molar refractivity (Wildman–Crippen MR) is 116 cm³/mol. The molecule has 1 aliphatic heterocycles. The molecule has 2 atom stereocenters. The first-order valence-electron chi connectivity index (χ1n) is 10.3. The molecule has 1 aliphatic carbocycles. The second kappa shape index (κ2) is 9.13. The molecule has 0 amide bonds. The molecule has 1 aromatic carbocycles. The Bertz CT molecular complexity index is 955. The van der Waals surface area contributed by atoms with Crippen LogP contribution >= 0.6 is 0 Å². The van der Waals surface area contributed by atoms with Gasteiger partial charge in [-0.1, -0.05) is 42.5 Å². The number of likely N-dealkylation sites (N-methyl/N-ethyl adjacent to an activating group) is 1. The first-order valence-corrected chi connectivity index (χ1v) is 10.3. The molecule has 6 heteroatoms. The monoisotopic (exact) mass is 405 g/mol. The van der Waals surface area contributed by atoms with Gasteiger partial charge in [0.15, 0.2) is 0 Å². The summed E-state index contributed by atoms with van der Waals surface area (Å²) >= 11 is 0. The lowest BCUT2D eigenvalue weighted by atomic mass is 10.0. The molecule has 1 fully saturated rings. The summed E-state index contributed by atoms with van der Waals surface area (Å²) in [6.45, 7) is 1.36. The molecule has 1 saturated carbocycles. The first-order chi connectivity index (χ1) is 14.6. The Morgan fingerprint density at radius 3 is 2.83 bits per heavy atom. The van der Waals surface area contributed by atoms with Crippen molar-refractivity contribution in [1.29, 1.82) is 0 Å². The molecule has 0 unspecified atom stereocenters. The van der Waals surface area contributed by atoms with Crippen molar-refractivity contribution in [2.45, 2.75) is 38.1 Å². The molecule has 0 spiro atoms. The number of nitrogens with zero attached hydrogens (tertiary/aromatic N) is 2. The van der Waals surface area contributed by atoms with E-state index in [4.69, 9.17) is 15.2 Å². The van der Waals surface area contributed by atoms with E-state index in [9.17, 15) is 4.79 Å². The number of esters is 1. The van der Waals surface area contributed by atoms with Gasteiger partial charge in [-0.2, -0.15) is 0 Å². The molecule has 2 aliphatic rings. The Morgan fingerprint density at radius 1 is 1.23 bits per heavy atom. The van der Waals surface area contributed by atoms with Crippen LogP contribution in [0.5, 0.6) is 0 Å². The number of allylic oxidation sites excluding steroid dienone is 2. The van der Waals surface area contributed by atoms with Gasteiger partial charge in [-0.25, -0.2) is 9.78 Å². The van der Waals surface area contributed by atoms with Crippen molar-refractivity contribution in [3.05, 3.63) is 77.6 Å². The number of nitrogen functional groups attached to an aromatic ring is 1. The number of carbonyl (C=O) groups is 1. The molecule has 4 rings (SSSR count). The number of rotatable bonds is 6. The SMILES string of the molecule is CN1C=C(c2cnc(N)c(C(=O)O[C@H]3CCC[C@@H]3OCc3ccccc3)c2)C=CC1. The molecule has 6 nitrogen and oxygen atoms in total. The number of carbonyl (C=O) groups excluding carboxylic acids is 1. The van der Waals surface area contributed by atoms with Crippen LogP contribution in [-0.2, 0) is 16.1 Å². The van der Waals surface area contributed by atoms with Gasteiger partial charge in [0.2, 0.25) is 0 Å². The highest BCUT2D eigenvalue weighted by Crippen LogP contribution is 2.28. The summed E-state index contributed by atoms with van der Waals surface area (Å²) < 4.78 is 11.9. The van der Waals surface area contributed by atoms with E-state index in [0.717, 1.165) is 42.5 Å². The summed E-state index contributed by atoms with van der Waals surface area (Å²) in [5.74, 6) is -0.270. The number of benzene rings is 1. The molecule has 0 saturated heterocycles. The smallest absolute Gasteiger partial charge is 0.342 e. The Morgan fingerprint density at radius 2 is 2.03 bits per heavy atom. The summed E-state index contributed by atoms with van der Waals surface area (Å²) in [4.78, 5) is 19.2. The normalized spacial score (nSPS) is 20.8. The van der Waals surface area contributed by atoms with E-state index in [0.29, 0.717) is 12.2 Å². The Hall–Kier alpha value is -3.12. The van der Waals surface area contributed by atoms with Crippen LogP contribution < -0.4 is 5.73 Å². The number of nitrogens with two attached hydrogens (primary N) is 1.